The fraction of sp³-hybridized carbons (Fsp3) is 0.321. The van der Waals surface area contributed by atoms with Gasteiger partial charge < -0.3 is 15.0 Å². The summed E-state index contributed by atoms with van der Waals surface area (Å²) in [5, 5.41) is 3.84. The smallest absolute Gasteiger partial charge is 0.181 e. The van der Waals surface area contributed by atoms with Gasteiger partial charge in [-0.15, -0.1) is 0 Å². The van der Waals surface area contributed by atoms with Crippen molar-refractivity contribution in [3.63, 3.8) is 0 Å². The number of nitrogens with zero attached hydrogens (tertiary/aromatic N) is 3. The number of rotatable bonds is 7. The normalized spacial score (nSPS) is 14.4. The predicted molar refractivity (Wildman–Crippen MR) is 136 cm³/mol. The number of ether oxygens (including phenoxy) is 1. The molecule has 0 bridgehead atoms. The van der Waals surface area contributed by atoms with Gasteiger partial charge in [-0.05, 0) is 42.7 Å². The average molecular weight is 441 g/mol. The summed E-state index contributed by atoms with van der Waals surface area (Å²) in [4.78, 5) is 7.21. The van der Waals surface area contributed by atoms with E-state index in [1.165, 1.54) is 37.8 Å². The number of pyridine rings is 1. The Morgan fingerprint density at radius 3 is 2.42 bits per heavy atom. The summed E-state index contributed by atoms with van der Waals surface area (Å²) in [5.74, 6) is 1.85. The van der Waals surface area contributed by atoms with Crippen LogP contribution in [0.1, 0.15) is 37.7 Å². The van der Waals surface area contributed by atoms with Crippen molar-refractivity contribution in [1.29, 1.82) is 0 Å². The topological polar surface area (TPSA) is 41.8 Å². The van der Waals surface area contributed by atoms with Gasteiger partial charge in [0.1, 0.15) is 18.1 Å². The van der Waals surface area contributed by atoms with Crippen molar-refractivity contribution in [1.82, 2.24) is 9.38 Å². The lowest BCUT2D eigenvalue weighted by atomic mass is 9.95. The minimum absolute atomic E-state index is 0.479. The highest BCUT2D eigenvalue weighted by Crippen LogP contribution is 2.35. The van der Waals surface area contributed by atoms with Gasteiger partial charge >= 0.3 is 0 Å². The van der Waals surface area contributed by atoms with Crippen LogP contribution in [0.25, 0.3) is 16.9 Å². The molecule has 0 radical (unpaired) electrons. The number of anilines is 2. The fourth-order valence-corrected chi connectivity index (χ4v) is 4.59. The van der Waals surface area contributed by atoms with E-state index in [0.29, 0.717) is 12.6 Å². The summed E-state index contributed by atoms with van der Waals surface area (Å²) in [6, 6.07) is 23.4. The molecule has 2 aromatic carbocycles. The Hall–Kier alpha value is -3.47. The van der Waals surface area contributed by atoms with Crippen LogP contribution in [0.15, 0.2) is 72.9 Å². The van der Waals surface area contributed by atoms with Crippen LogP contribution in [0.2, 0.25) is 0 Å². The highest BCUT2D eigenvalue weighted by atomic mass is 16.5. The second-order valence-corrected chi connectivity index (χ2v) is 9.07. The summed E-state index contributed by atoms with van der Waals surface area (Å²) in [7, 11) is 4.12. The van der Waals surface area contributed by atoms with Gasteiger partial charge in [0.2, 0.25) is 0 Å². The number of nitrogens with one attached hydrogen (secondary N) is 1. The number of fused-ring (bicyclic) bond motifs is 1. The molecule has 1 aliphatic carbocycles. The van der Waals surface area contributed by atoms with Crippen LogP contribution in [0.5, 0.6) is 5.75 Å². The monoisotopic (exact) mass is 440 g/mol. The molecule has 4 aromatic rings. The zero-order valence-corrected chi connectivity index (χ0v) is 19.5. The largest absolute Gasteiger partial charge is 0.485 e. The lowest BCUT2D eigenvalue weighted by molar-refractivity contribution is 0.308. The van der Waals surface area contributed by atoms with Crippen molar-refractivity contribution >= 4 is 17.2 Å². The molecule has 1 aliphatic rings. The molecule has 0 saturated heterocycles. The van der Waals surface area contributed by atoms with Crippen molar-refractivity contribution in [2.45, 2.75) is 44.8 Å². The average Bonchev–Trinajstić information content (AvgIpc) is 3.23. The maximum atomic E-state index is 6.23. The van der Waals surface area contributed by atoms with Crippen LogP contribution in [-0.4, -0.2) is 29.5 Å². The van der Waals surface area contributed by atoms with E-state index in [-0.39, 0.29) is 0 Å². The van der Waals surface area contributed by atoms with E-state index < -0.39 is 0 Å². The van der Waals surface area contributed by atoms with Crippen LogP contribution in [0.4, 0.5) is 11.5 Å². The van der Waals surface area contributed by atoms with E-state index in [1.807, 2.05) is 30.3 Å². The fourth-order valence-electron chi connectivity index (χ4n) is 4.59. The molecule has 2 aromatic heterocycles. The van der Waals surface area contributed by atoms with Crippen molar-refractivity contribution in [2.24, 2.45) is 0 Å². The van der Waals surface area contributed by atoms with Crippen molar-refractivity contribution in [2.75, 3.05) is 24.3 Å². The van der Waals surface area contributed by atoms with Crippen molar-refractivity contribution < 1.29 is 4.74 Å². The van der Waals surface area contributed by atoms with E-state index in [4.69, 9.17) is 9.72 Å². The van der Waals surface area contributed by atoms with Crippen LogP contribution in [-0.2, 0) is 6.61 Å². The van der Waals surface area contributed by atoms with E-state index in [9.17, 15) is 0 Å². The lowest BCUT2D eigenvalue weighted by Gasteiger charge is -2.24. The van der Waals surface area contributed by atoms with E-state index in [1.54, 1.807) is 0 Å². The first kappa shape index (κ1) is 21.4. The summed E-state index contributed by atoms with van der Waals surface area (Å²) in [6.07, 6.45) is 8.40. The predicted octanol–water partition coefficient (Wildman–Crippen LogP) is 6.39. The van der Waals surface area contributed by atoms with Crippen molar-refractivity contribution in [3.8, 4) is 17.0 Å². The minimum atomic E-state index is 0.479. The second-order valence-electron chi connectivity index (χ2n) is 9.07. The summed E-state index contributed by atoms with van der Waals surface area (Å²) >= 11 is 0. The molecule has 1 N–H and O–H groups in total. The Morgan fingerprint density at radius 1 is 0.939 bits per heavy atom. The molecule has 5 nitrogen and oxygen atoms in total. The molecule has 1 fully saturated rings. The third-order valence-electron chi connectivity index (χ3n) is 6.45. The zero-order valence-electron chi connectivity index (χ0n) is 19.5. The first-order chi connectivity index (χ1) is 16.2. The van der Waals surface area contributed by atoms with Gasteiger partial charge in [0, 0.05) is 37.6 Å². The molecule has 0 spiro atoms. The molecule has 5 heteroatoms. The maximum Gasteiger partial charge on any atom is 0.181 e. The highest BCUT2D eigenvalue weighted by Gasteiger charge is 2.21. The number of aromatic nitrogens is 2. The standard InChI is InChI=1S/C28H32N4O/c1-31(2)24-17-15-22(16-18-24)26-28(29-23-12-7-4-8-13-23)32-19-9-14-25(27(32)30-26)33-20-21-10-5-3-6-11-21/h3,5-6,9-11,14-19,23,29H,4,7-8,12-13,20H2,1-2H3. The highest BCUT2D eigenvalue weighted by molar-refractivity contribution is 5.79. The zero-order chi connectivity index (χ0) is 22.6. The van der Waals surface area contributed by atoms with Gasteiger partial charge in [0.15, 0.2) is 11.4 Å². The molecule has 170 valence electrons. The number of benzene rings is 2. The van der Waals surface area contributed by atoms with Gasteiger partial charge in [-0.1, -0.05) is 61.7 Å². The van der Waals surface area contributed by atoms with E-state index in [0.717, 1.165) is 34.0 Å². The molecule has 2 heterocycles. The molecule has 0 atom stereocenters. The summed E-state index contributed by atoms with van der Waals surface area (Å²) in [6.45, 7) is 0.519. The van der Waals surface area contributed by atoms with Gasteiger partial charge in [0.05, 0.1) is 0 Å². The second kappa shape index (κ2) is 9.57. The van der Waals surface area contributed by atoms with Gasteiger partial charge in [-0.2, -0.15) is 0 Å². The van der Waals surface area contributed by atoms with Crippen LogP contribution >= 0.6 is 0 Å². The minimum Gasteiger partial charge on any atom is -0.485 e. The van der Waals surface area contributed by atoms with Gasteiger partial charge in [-0.25, -0.2) is 4.98 Å². The molecule has 1 saturated carbocycles. The van der Waals surface area contributed by atoms with Gasteiger partial charge in [0.25, 0.3) is 0 Å². The van der Waals surface area contributed by atoms with Crippen LogP contribution in [0, 0.1) is 0 Å². The molecular weight excluding hydrogens is 408 g/mol. The molecular formula is C28H32N4O. The molecule has 0 aliphatic heterocycles. The summed E-state index contributed by atoms with van der Waals surface area (Å²) < 4.78 is 8.39. The quantitative estimate of drug-likeness (QED) is 0.361. The first-order valence-electron chi connectivity index (χ1n) is 11.9. The van der Waals surface area contributed by atoms with Crippen LogP contribution in [0.3, 0.4) is 0 Å². The number of imidazole rings is 1. The molecule has 33 heavy (non-hydrogen) atoms. The summed E-state index contributed by atoms with van der Waals surface area (Å²) in [5.41, 5.74) is 5.25. The Balaban J connectivity index is 1.54. The number of hydrogen-bond donors (Lipinski definition) is 1. The number of hydrogen-bond acceptors (Lipinski definition) is 4. The Labute approximate surface area is 196 Å². The SMILES string of the molecule is CN(C)c1ccc(-c2nc3c(OCc4ccccc4)cccn3c2NC2CCCCC2)cc1. The third-order valence-corrected chi connectivity index (χ3v) is 6.45. The molecule has 0 unspecified atom stereocenters. The maximum absolute atomic E-state index is 6.23. The first-order valence-corrected chi connectivity index (χ1v) is 11.9. The Bertz CT molecular complexity index is 1190. The Morgan fingerprint density at radius 2 is 1.70 bits per heavy atom. The van der Waals surface area contributed by atoms with Gasteiger partial charge in [-0.3, -0.25) is 4.40 Å². The Kier molecular flexibility index (Phi) is 6.20. The van der Waals surface area contributed by atoms with E-state index >= 15 is 0 Å². The molecule has 0 amide bonds. The molecule has 5 rings (SSSR count). The van der Waals surface area contributed by atoms with Crippen LogP contribution < -0.4 is 15.0 Å². The van der Waals surface area contributed by atoms with E-state index in [2.05, 4.69) is 71.3 Å². The lowest BCUT2D eigenvalue weighted by Crippen LogP contribution is -2.23. The van der Waals surface area contributed by atoms with Crippen molar-refractivity contribution in [3.05, 3.63) is 78.5 Å². The third kappa shape index (κ3) is 4.68.